The van der Waals surface area contributed by atoms with E-state index in [0.29, 0.717) is 13.0 Å². The maximum Gasteiger partial charge on any atom is 0.163 e. The molecule has 1 aliphatic heterocycles. The Balaban J connectivity index is 1.52. The monoisotopic (exact) mass is 516 g/mol. The molecule has 0 radical (unpaired) electrons. The summed E-state index contributed by atoms with van der Waals surface area (Å²) in [6, 6.07) is 22.5. The molecule has 0 amide bonds. The summed E-state index contributed by atoms with van der Waals surface area (Å²) in [6.45, 7) is 4.89. The number of ketones is 1. The van der Waals surface area contributed by atoms with Gasteiger partial charge in [-0.25, -0.2) is 0 Å². The standard InChI is InChI=1S/C29H29BrN2O2/c1-3-14-34-22-12-10-19(11-13-22)21-16-26-28(27(33)17-21)29(20-9-8-18(2)23(30)15-20)32-25-7-5-4-6-24(25)31-26/h4-13,15,21,29,31-32H,3,14,16-17H2,1-2H3. The first-order valence-electron chi connectivity index (χ1n) is 11.9. The van der Waals surface area contributed by atoms with E-state index < -0.39 is 0 Å². The second-order valence-corrected chi connectivity index (χ2v) is 9.95. The highest BCUT2D eigenvalue weighted by Crippen LogP contribution is 2.44. The number of fused-ring (bicyclic) bond motifs is 1. The van der Waals surface area contributed by atoms with Crippen LogP contribution < -0.4 is 15.4 Å². The van der Waals surface area contributed by atoms with Gasteiger partial charge in [0.15, 0.2) is 5.78 Å². The van der Waals surface area contributed by atoms with E-state index in [1.165, 1.54) is 11.1 Å². The van der Waals surface area contributed by atoms with Crippen LogP contribution >= 0.6 is 15.9 Å². The molecule has 2 unspecified atom stereocenters. The van der Waals surface area contributed by atoms with E-state index >= 15 is 0 Å². The second kappa shape index (κ2) is 9.67. The molecule has 0 bridgehead atoms. The van der Waals surface area contributed by atoms with Crippen molar-refractivity contribution in [2.24, 2.45) is 0 Å². The molecule has 4 nitrogen and oxygen atoms in total. The summed E-state index contributed by atoms with van der Waals surface area (Å²) in [5, 5.41) is 7.27. The van der Waals surface area contributed by atoms with Crippen molar-refractivity contribution in [1.29, 1.82) is 0 Å². The summed E-state index contributed by atoms with van der Waals surface area (Å²) in [6.07, 6.45) is 2.27. The largest absolute Gasteiger partial charge is 0.494 e. The lowest BCUT2D eigenvalue weighted by Gasteiger charge is -2.30. The Kier molecular flexibility index (Phi) is 6.46. The van der Waals surface area contributed by atoms with Crippen LogP contribution in [0.4, 0.5) is 11.4 Å². The van der Waals surface area contributed by atoms with Gasteiger partial charge in [-0.2, -0.15) is 0 Å². The van der Waals surface area contributed by atoms with E-state index in [1.54, 1.807) is 0 Å². The van der Waals surface area contributed by atoms with Gasteiger partial charge in [0.25, 0.3) is 0 Å². The van der Waals surface area contributed by atoms with Crippen molar-refractivity contribution in [1.82, 2.24) is 0 Å². The number of aryl methyl sites for hydroxylation is 1. The molecule has 2 aliphatic rings. The molecular formula is C29H29BrN2O2. The van der Waals surface area contributed by atoms with Gasteiger partial charge in [-0.05, 0) is 72.7 Å². The highest BCUT2D eigenvalue weighted by molar-refractivity contribution is 9.10. The zero-order valence-corrected chi connectivity index (χ0v) is 21.1. The predicted octanol–water partition coefficient (Wildman–Crippen LogP) is 7.53. The zero-order valence-electron chi connectivity index (χ0n) is 19.5. The molecule has 34 heavy (non-hydrogen) atoms. The van der Waals surface area contributed by atoms with Crippen molar-refractivity contribution in [3.8, 4) is 5.75 Å². The normalized spacial score (nSPS) is 19.4. The first-order chi connectivity index (χ1) is 16.5. The molecular weight excluding hydrogens is 488 g/mol. The Morgan fingerprint density at radius 3 is 2.44 bits per heavy atom. The SMILES string of the molecule is CCCOc1ccc(C2CC(=O)C3=C(C2)Nc2ccccc2NC3c2ccc(C)c(Br)c2)cc1. The van der Waals surface area contributed by atoms with Crippen molar-refractivity contribution >= 4 is 33.1 Å². The van der Waals surface area contributed by atoms with Crippen LogP contribution in [-0.2, 0) is 4.79 Å². The van der Waals surface area contributed by atoms with Gasteiger partial charge in [0.1, 0.15) is 5.75 Å². The first kappa shape index (κ1) is 22.7. The Labute approximate surface area is 209 Å². The number of benzene rings is 3. The van der Waals surface area contributed by atoms with Crippen LogP contribution in [0.5, 0.6) is 5.75 Å². The Hall–Kier alpha value is -3.05. The van der Waals surface area contributed by atoms with Crippen molar-refractivity contribution in [3.05, 3.63) is 99.2 Å². The van der Waals surface area contributed by atoms with Gasteiger partial charge in [-0.15, -0.1) is 0 Å². The van der Waals surface area contributed by atoms with E-state index in [4.69, 9.17) is 4.74 Å². The van der Waals surface area contributed by atoms with Crippen molar-refractivity contribution < 1.29 is 9.53 Å². The number of para-hydroxylation sites is 2. The van der Waals surface area contributed by atoms with Crippen LogP contribution in [0.3, 0.4) is 0 Å². The van der Waals surface area contributed by atoms with E-state index in [9.17, 15) is 4.79 Å². The number of carbonyl (C=O) groups excluding carboxylic acids is 1. The summed E-state index contributed by atoms with van der Waals surface area (Å²) < 4.78 is 6.79. The van der Waals surface area contributed by atoms with Crippen LogP contribution in [0.25, 0.3) is 0 Å². The lowest BCUT2D eigenvalue weighted by Crippen LogP contribution is -2.26. The molecule has 2 N–H and O–H groups in total. The quantitative estimate of drug-likeness (QED) is 0.368. The summed E-state index contributed by atoms with van der Waals surface area (Å²) in [7, 11) is 0. The summed E-state index contributed by atoms with van der Waals surface area (Å²) >= 11 is 3.67. The topological polar surface area (TPSA) is 50.4 Å². The van der Waals surface area contributed by atoms with Gasteiger partial charge in [0.2, 0.25) is 0 Å². The van der Waals surface area contributed by atoms with Crippen LogP contribution in [0.2, 0.25) is 0 Å². The molecule has 0 spiro atoms. The second-order valence-electron chi connectivity index (χ2n) is 9.09. The molecule has 5 heteroatoms. The first-order valence-corrected chi connectivity index (χ1v) is 12.7. The van der Waals surface area contributed by atoms with Gasteiger partial charge in [0, 0.05) is 22.2 Å². The molecule has 3 aromatic carbocycles. The lowest BCUT2D eigenvalue weighted by molar-refractivity contribution is -0.116. The Morgan fingerprint density at radius 1 is 0.971 bits per heavy atom. The molecule has 1 heterocycles. The third-order valence-electron chi connectivity index (χ3n) is 6.66. The maximum atomic E-state index is 13.7. The van der Waals surface area contributed by atoms with Crippen LogP contribution in [0, 0.1) is 6.92 Å². The molecule has 1 aliphatic carbocycles. The minimum Gasteiger partial charge on any atom is -0.494 e. The minimum absolute atomic E-state index is 0.134. The highest BCUT2D eigenvalue weighted by Gasteiger charge is 2.36. The fourth-order valence-corrected chi connectivity index (χ4v) is 5.22. The third kappa shape index (κ3) is 4.49. The molecule has 2 atom stereocenters. The van der Waals surface area contributed by atoms with E-state index in [2.05, 4.69) is 82.9 Å². The highest BCUT2D eigenvalue weighted by atomic mass is 79.9. The number of hydrogen-bond donors (Lipinski definition) is 2. The smallest absolute Gasteiger partial charge is 0.163 e. The van der Waals surface area contributed by atoms with E-state index in [1.807, 2.05) is 24.3 Å². The molecule has 5 rings (SSSR count). The number of allylic oxidation sites excluding steroid dienone is 1. The average molecular weight is 517 g/mol. The molecule has 0 fully saturated rings. The van der Waals surface area contributed by atoms with Crippen LogP contribution in [0.15, 0.2) is 82.5 Å². The van der Waals surface area contributed by atoms with Crippen molar-refractivity contribution in [3.63, 3.8) is 0 Å². The molecule has 174 valence electrons. The lowest BCUT2D eigenvalue weighted by atomic mass is 9.78. The number of hydrogen-bond acceptors (Lipinski definition) is 4. The van der Waals surface area contributed by atoms with E-state index in [0.717, 1.165) is 51.3 Å². The third-order valence-corrected chi connectivity index (χ3v) is 7.52. The number of anilines is 2. The molecule has 3 aromatic rings. The van der Waals surface area contributed by atoms with Gasteiger partial charge in [-0.1, -0.05) is 59.3 Å². The van der Waals surface area contributed by atoms with Crippen molar-refractivity contribution in [2.45, 2.75) is 45.1 Å². The van der Waals surface area contributed by atoms with Crippen LogP contribution in [-0.4, -0.2) is 12.4 Å². The number of Topliss-reactive ketones (excluding diaryl/α,β-unsaturated/α-hetero) is 1. The molecule has 0 aromatic heterocycles. The van der Waals surface area contributed by atoms with Gasteiger partial charge < -0.3 is 15.4 Å². The zero-order chi connectivity index (χ0) is 23.7. The van der Waals surface area contributed by atoms with Gasteiger partial charge in [0.05, 0.1) is 24.0 Å². The van der Waals surface area contributed by atoms with Gasteiger partial charge >= 0.3 is 0 Å². The Bertz CT molecular complexity index is 1250. The van der Waals surface area contributed by atoms with Gasteiger partial charge in [-0.3, -0.25) is 4.79 Å². The van der Waals surface area contributed by atoms with E-state index in [-0.39, 0.29) is 17.7 Å². The van der Waals surface area contributed by atoms with Crippen molar-refractivity contribution in [2.75, 3.05) is 17.2 Å². The molecule has 0 saturated heterocycles. The summed E-state index contributed by atoms with van der Waals surface area (Å²) in [4.78, 5) is 13.7. The fraction of sp³-hybridized carbons (Fsp3) is 0.276. The maximum absolute atomic E-state index is 13.7. The predicted molar refractivity (Wildman–Crippen MR) is 142 cm³/mol. The molecule has 0 saturated carbocycles. The summed E-state index contributed by atoms with van der Waals surface area (Å²) in [5.74, 6) is 1.20. The average Bonchev–Trinajstić information content (AvgIpc) is 3.01. The van der Waals surface area contributed by atoms with Crippen LogP contribution in [0.1, 0.15) is 54.8 Å². The summed E-state index contributed by atoms with van der Waals surface area (Å²) in [5.41, 5.74) is 7.27. The number of ether oxygens (including phenoxy) is 1. The fourth-order valence-electron chi connectivity index (χ4n) is 4.82. The number of nitrogens with one attached hydrogen (secondary N) is 2. The number of carbonyl (C=O) groups is 1. The number of rotatable bonds is 5. The minimum atomic E-state index is -0.207. The Morgan fingerprint density at radius 2 is 1.71 bits per heavy atom. The number of halogens is 1.